The number of Topliss-reactive ketones (excluding diaryl/α,β-unsaturated/α-hetero) is 1. The quantitative estimate of drug-likeness (QED) is 0.787. The summed E-state index contributed by atoms with van der Waals surface area (Å²) in [5.41, 5.74) is 5.05. The number of amides is 1. The van der Waals surface area contributed by atoms with Gasteiger partial charge in [-0.1, -0.05) is 24.3 Å². The number of aromatic nitrogens is 1. The average Bonchev–Trinajstić information content (AvgIpc) is 3.26. The molecule has 2 heterocycles. The van der Waals surface area contributed by atoms with E-state index >= 15 is 0 Å². The Morgan fingerprint density at radius 3 is 2.70 bits per heavy atom. The van der Waals surface area contributed by atoms with Crippen molar-refractivity contribution in [3.05, 3.63) is 41.0 Å². The van der Waals surface area contributed by atoms with Crippen LogP contribution in [0, 0.1) is 6.92 Å². The van der Waals surface area contributed by atoms with Gasteiger partial charge in [0.05, 0.1) is 28.2 Å². The normalized spacial score (nSPS) is 19.4. The molecule has 1 N–H and O–H groups in total. The van der Waals surface area contributed by atoms with Crippen molar-refractivity contribution in [1.29, 1.82) is 0 Å². The van der Waals surface area contributed by atoms with Crippen LogP contribution in [0.1, 0.15) is 24.1 Å². The number of methoxy groups -OCH3 is 1. The molecule has 1 aliphatic rings. The number of aryl methyl sites for hydroxylation is 2. The number of aliphatic hydroxyl groups excluding tert-OH is 1. The Hall–Kier alpha value is -2.09. The number of hydrogen-bond donors (Lipinski definition) is 1. The van der Waals surface area contributed by atoms with Gasteiger partial charge in [-0.25, -0.2) is 4.98 Å². The molecule has 0 aliphatic carbocycles. The molecular weight excluding hydrogens is 364 g/mol. The number of carbonyl (C=O) groups is 2. The molecule has 144 valence electrons. The first-order chi connectivity index (χ1) is 13.0. The number of likely N-dealkylation sites (tertiary alicyclic amines) is 1. The van der Waals surface area contributed by atoms with Crippen LogP contribution in [0.3, 0.4) is 0 Å². The highest BCUT2D eigenvalue weighted by molar-refractivity contribution is 7.13. The fraction of sp³-hybridized carbons (Fsp3) is 0.450. The zero-order valence-electron chi connectivity index (χ0n) is 15.6. The Morgan fingerprint density at radius 1 is 1.33 bits per heavy atom. The van der Waals surface area contributed by atoms with Crippen molar-refractivity contribution >= 4 is 23.0 Å². The van der Waals surface area contributed by atoms with E-state index in [9.17, 15) is 14.7 Å². The third-order valence-electron chi connectivity index (χ3n) is 4.86. The summed E-state index contributed by atoms with van der Waals surface area (Å²) >= 11 is 1.61. The van der Waals surface area contributed by atoms with Crippen molar-refractivity contribution in [2.45, 2.75) is 38.3 Å². The van der Waals surface area contributed by atoms with Gasteiger partial charge < -0.3 is 14.7 Å². The number of hydrogen-bond acceptors (Lipinski definition) is 6. The summed E-state index contributed by atoms with van der Waals surface area (Å²) < 4.78 is 4.87. The van der Waals surface area contributed by atoms with Gasteiger partial charge in [0.2, 0.25) is 5.91 Å². The van der Waals surface area contributed by atoms with Crippen molar-refractivity contribution in [2.24, 2.45) is 0 Å². The molecule has 3 rings (SSSR count). The van der Waals surface area contributed by atoms with E-state index in [1.165, 1.54) is 12.0 Å². The van der Waals surface area contributed by atoms with Crippen LogP contribution >= 0.6 is 11.3 Å². The first-order valence-electron chi connectivity index (χ1n) is 8.98. The summed E-state index contributed by atoms with van der Waals surface area (Å²) in [6, 6.07) is 7.60. The highest BCUT2D eigenvalue weighted by atomic mass is 32.1. The Balaban J connectivity index is 1.60. The minimum Gasteiger partial charge on any atom is -0.391 e. The monoisotopic (exact) mass is 388 g/mol. The molecule has 1 fully saturated rings. The summed E-state index contributed by atoms with van der Waals surface area (Å²) in [5, 5.41) is 9.87. The maximum Gasteiger partial charge on any atom is 0.249 e. The lowest BCUT2D eigenvalue weighted by atomic mass is 10.0. The van der Waals surface area contributed by atoms with E-state index in [4.69, 9.17) is 4.74 Å². The molecule has 1 saturated heterocycles. The number of thiazole rings is 1. The van der Waals surface area contributed by atoms with E-state index in [-0.39, 0.29) is 24.8 Å². The SMILES string of the molecule is COCC(=O)N1C[C@H](O)C[C@H]1C(=O)CCc1ccc(-c2scnc2C)cc1. The van der Waals surface area contributed by atoms with Crippen molar-refractivity contribution in [3.63, 3.8) is 0 Å². The van der Waals surface area contributed by atoms with Gasteiger partial charge >= 0.3 is 0 Å². The van der Waals surface area contributed by atoms with Crippen LogP contribution in [0.4, 0.5) is 0 Å². The standard InChI is InChI=1S/C20H24N2O4S/c1-13-20(27-12-21-13)15-6-3-14(4-7-15)5-8-18(24)17-9-16(23)10-22(17)19(25)11-26-2/h3-4,6-7,12,16-17,23H,5,8-11H2,1-2H3/t16-,17+/m1/s1. The van der Waals surface area contributed by atoms with Gasteiger partial charge in [0, 0.05) is 26.5 Å². The van der Waals surface area contributed by atoms with Gasteiger partial charge in [-0.15, -0.1) is 11.3 Å². The first kappa shape index (κ1) is 19.7. The third kappa shape index (κ3) is 4.61. The lowest BCUT2D eigenvalue weighted by Gasteiger charge is -2.23. The molecule has 1 aromatic heterocycles. The topological polar surface area (TPSA) is 79.7 Å². The Kier molecular flexibility index (Phi) is 6.36. The minimum atomic E-state index is -0.651. The van der Waals surface area contributed by atoms with Crippen LogP contribution in [0.25, 0.3) is 10.4 Å². The number of ketones is 1. The lowest BCUT2D eigenvalue weighted by molar-refractivity contribution is -0.140. The predicted octanol–water partition coefficient (Wildman–Crippen LogP) is 2.23. The summed E-state index contributed by atoms with van der Waals surface area (Å²) in [7, 11) is 1.44. The fourth-order valence-electron chi connectivity index (χ4n) is 3.44. The number of benzene rings is 1. The van der Waals surface area contributed by atoms with Gasteiger partial charge in [-0.05, 0) is 24.5 Å². The lowest BCUT2D eigenvalue weighted by Crippen LogP contribution is -2.42. The van der Waals surface area contributed by atoms with Crippen molar-refractivity contribution < 1.29 is 19.4 Å². The number of carbonyl (C=O) groups excluding carboxylic acids is 2. The third-order valence-corrected chi connectivity index (χ3v) is 5.84. The second kappa shape index (κ2) is 8.73. The van der Waals surface area contributed by atoms with Gasteiger partial charge in [0.1, 0.15) is 6.61 Å². The smallest absolute Gasteiger partial charge is 0.249 e. The summed E-state index contributed by atoms with van der Waals surface area (Å²) in [4.78, 5) is 31.6. The van der Waals surface area contributed by atoms with Crippen LogP contribution in [0.15, 0.2) is 29.8 Å². The average molecular weight is 388 g/mol. The van der Waals surface area contributed by atoms with Crippen LogP contribution in [0.2, 0.25) is 0 Å². The zero-order chi connectivity index (χ0) is 19.4. The molecule has 1 aliphatic heterocycles. The Bertz CT molecular complexity index is 803. The number of β-amino-alcohol motifs (C(OH)–C–C–N with tert-alkyl or cyclic N) is 1. The molecule has 27 heavy (non-hydrogen) atoms. The van der Waals surface area contributed by atoms with Gasteiger partial charge in [0.25, 0.3) is 0 Å². The number of ether oxygens (including phenoxy) is 1. The summed E-state index contributed by atoms with van der Waals surface area (Å²) in [6.07, 6.45) is 0.603. The van der Waals surface area contributed by atoms with E-state index in [1.807, 2.05) is 36.7 Å². The molecule has 2 aromatic rings. The van der Waals surface area contributed by atoms with Gasteiger partial charge in [0.15, 0.2) is 5.78 Å². The highest BCUT2D eigenvalue weighted by Gasteiger charge is 2.38. The molecule has 0 unspecified atom stereocenters. The largest absolute Gasteiger partial charge is 0.391 e. The zero-order valence-corrected chi connectivity index (χ0v) is 16.4. The van der Waals surface area contributed by atoms with E-state index < -0.39 is 12.1 Å². The highest BCUT2D eigenvalue weighted by Crippen LogP contribution is 2.27. The van der Waals surface area contributed by atoms with E-state index in [0.717, 1.165) is 21.7 Å². The maximum absolute atomic E-state index is 12.6. The molecule has 1 amide bonds. The summed E-state index contributed by atoms with van der Waals surface area (Å²) in [6.45, 7) is 2.11. The Morgan fingerprint density at radius 2 is 2.07 bits per heavy atom. The molecule has 2 atom stereocenters. The van der Waals surface area contributed by atoms with Crippen molar-refractivity contribution in [2.75, 3.05) is 20.3 Å². The molecule has 7 heteroatoms. The number of rotatable bonds is 7. The predicted molar refractivity (Wildman–Crippen MR) is 104 cm³/mol. The second-order valence-corrected chi connectivity index (χ2v) is 7.67. The van der Waals surface area contributed by atoms with Crippen molar-refractivity contribution in [1.82, 2.24) is 9.88 Å². The van der Waals surface area contributed by atoms with Crippen molar-refractivity contribution in [3.8, 4) is 10.4 Å². The molecular formula is C20H24N2O4S. The maximum atomic E-state index is 12.6. The van der Waals surface area contributed by atoms with Crippen LogP contribution in [-0.2, 0) is 20.7 Å². The number of aliphatic hydroxyl groups is 1. The fourth-order valence-corrected chi connectivity index (χ4v) is 4.25. The van der Waals surface area contributed by atoms with Crippen LogP contribution in [0.5, 0.6) is 0 Å². The molecule has 0 radical (unpaired) electrons. The first-order valence-corrected chi connectivity index (χ1v) is 9.86. The second-order valence-electron chi connectivity index (χ2n) is 6.81. The molecule has 6 nitrogen and oxygen atoms in total. The summed E-state index contributed by atoms with van der Waals surface area (Å²) in [5.74, 6) is -0.268. The van der Waals surface area contributed by atoms with E-state index in [1.54, 1.807) is 11.3 Å². The Labute approximate surface area is 162 Å². The molecule has 1 aromatic carbocycles. The van der Waals surface area contributed by atoms with Gasteiger partial charge in [-0.3, -0.25) is 9.59 Å². The number of nitrogens with zero attached hydrogens (tertiary/aromatic N) is 2. The molecule has 0 spiro atoms. The van der Waals surface area contributed by atoms with Crippen LogP contribution in [-0.4, -0.2) is 59.1 Å². The van der Waals surface area contributed by atoms with Gasteiger partial charge in [-0.2, -0.15) is 0 Å². The minimum absolute atomic E-state index is 0.0154. The van der Waals surface area contributed by atoms with E-state index in [2.05, 4.69) is 4.98 Å². The van der Waals surface area contributed by atoms with E-state index in [0.29, 0.717) is 19.3 Å². The molecule has 0 bridgehead atoms. The van der Waals surface area contributed by atoms with Crippen LogP contribution < -0.4 is 0 Å². The molecule has 0 saturated carbocycles.